The molecule has 3 aromatic rings. The van der Waals surface area contributed by atoms with Gasteiger partial charge >= 0.3 is 0 Å². The highest BCUT2D eigenvalue weighted by Crippen LogP contribution is 2.30. The topological polar surface area (TPSA) is 133 Å². The molecular weight excluding hydrogens is 366 g/mol. The largest absolute Gasteiger partial charge is 0.310 e. The third-order valence-corrected chi connectivity index (χ3v) is 4.34. The fourth-order valence-electron chi connectivity index (χ4n) is 2.99. The summed E-state index contributed by atoms with van der Waals surface area (Å²) in [5.74, 6) is -0.433. The van der Waals surface area contributed by atoms with E-state index in [1.165, 1.54) is 6.92 Å². The molecule has 10 nitrogen and oxygen atoms in total. The molecule has 0 aliphatic carbocycles. The number of imidazole rings is 1. The molecule has 1 heterocycles. The Balaban J connectivity index is 2.04. The zero-order valence-corrected chi connectivity index (χ0v) is 15.2. The highest BCUT2D eigenvalue weighted by atomic mass is 16.6. The van der Waals surface area contributed by atoms with Crippen LogP contribution in [0.25, 0.3) is 11.0 Å². The van der Waals surface area contributed by atoms with Crippen molar-refractivity contribution in [2.45, 2.75) is 26.8 Å². The van der Waals surface area contributed by atoms with Crippen molar-refractivity contribution in [2.75, 3.05) is 5.32 Å². The van der Waals surface area contributed by atoms with Gasteiger partial charge in [0, 0.05) is 18.7 Å². The van der Waals surface area contributed by atoms with Crippen LogP contribution in [0.4, 0.5) is 17.3 Å². The summed E-state index contributed by atoms with van der Waals surface area (Å²) in [6.07, 6.45) is 0.796. The summed E-state index contributed by atoms with van der Waals surface area (Å²) in [7, 11) is 0. The molecule has 0 spiro atoms. The molecule has 2 aromatic carbocycles. The summed E-state index contributed by atoms with van der Waals surface area (Å²) in [5.41, 5.74) is 0.263. The molecule has 0 saturated heterocycles. The van der Waals surface area contributed by atoms with E-state index in [-0.39, 0.29) is 17.1 Å². The van der Waals surface area contributed by atoms with Gasteiger partial charge in [-0.25, -0.2) is 4.98 Å². The molecule has 0 atom stereocenters. The molecule has 1 N–H and O–H groups in total. The summed E-state index contributed by atoms with van der Waals surface area (Å²) < 4.78 is 1.82. The number of carbonyl (C=O) groups is 1. The molecule has 0 radical (unpaired) electrons. The van der Waals surface area contributed by atoms with Crippen molar-refractivity contribution < 1.29 is 14.6 Å². The standard InChI is InChI=1S/C18H17N5O5/c1-3-8-21-14-7-5-4-6-13(14)19-18(21)20-17(24)12-9-15(22(25)26)11(2)16(10-12)23(27)28/h4-7,9-10H,3,8H2,1-2H3,(H,19,20,24). The number of anilines is 1. The minimum absolute atomic E-state index is 0.107. The summed E-state index contributed by atoms with van der Waals surface area (Å²) in [4.78, 5) is 38.0. The van der Waals surface area contributed by atoms with E-state index < -0.39 is 27.1 Å². The van der Waals surface area contributed by atoms with Crippen molar-refractivity contribution >= 4 is 34.3 Å². The Hall–Kier alpha value is -3.82. The fraction of sp³-hybridized carbons (Fsp3) is 0.222. The second-order valence-corrected chi connectivity index (χ2v) is 6.18. The van der Waals surface area contributed by atoms with Crippen LogP contribution in [-0.4, -0.2) is 25.3 Å². The third-order valence-electron chi connectivity index (χ3n) is 4.34. The lowest BCUT2D eigenvalue weighted by molar-refractivity contribution is -0.395. The average Bonchev–Trinajstić information content (AvgIpc) is 2.99. The fourth-order valence-corrected chi connectivity index (χ4v) is 2.99. The Bertz CT molecular complexity index is 1070. The number of nitrogens with zero attached hydrogens (tertiary/aromatic N) is 4. The number of para-hydroxylation sites is 2. The third kappa shape index (κ3) is 3.39. The summed E-state index contributed by atoms with van der Waals surface area (Å²) in [6, 6.07) is 9.42. The first-order valence-corrected chi connectivity index (χ1v) is 8.53. The second kappa shape index (κ2) is 7.43. The molecule has 1 amide bonds. The molecule has 0 fully saturated rings. The summed E-state index contributed by atoms with van der Waals surface area (Å²) in [6.45, 7) is 3.86. The van der Waals surface area contributed by atoms with E-state index in [9.17, 15) is 25.0 Å². The second-order valence-electron chi connectivity index (χ2n) is 6.18. The number of fused-ring (bicyclic) bond motifs is 1. The van der Waals surface area contributed by atoms with E-state index in [2.05, 4.69) is 10.3 Å². The molecule has 0 aliphatic heterocycles. The lowest BCUT2D eigenvalue weighted by Gasteiger charge is -2.09. The number of nitro groups is 2. The minimum atomic E-state index is -0.745. The van der Waals surface area contributed by atoms with Crippen molar-refractivity contribution in [2.24, 2.45) is 0 Å². The lowest BCUT2D eigenvalue weighted by Crippen LogP contribution is -2.17. The van der Waals surface area contributed by atoms with Crippen LogP contribution in [0.1, 0.15) is 29.3 Å². The number of carbonyl (C=O) groups excluding carboxylic acids is 1. The van der Waals surface area contributed by atoms with Crippen LogP contribution in [0, 0.1) is 27.2 Å². The number of aryl methyl sites for hydroxylation is 1. The van der Waals surface area contributed by atoms with E-state index in [1.54, 1.807) is 6.07 Å². The van der Waals surface area contributed by atoms with Crippen molar-refractivity contribution in [3.05, 3.63) is 67.8 Å². The number of nitro benzene ring substituents is 2. The molecule has 1 aromatic heterocycles. The van der Waals surface area contributed by atoms with E-state index in [4.69, 9.17) is 0 Å². The predicted octanol–water partition coefficient (Wildman–Crippen LogP) is 3.82. The zero-order valence-electron chi connectivity index (χ0n) is 15.2. The quantitative estimate of drug-likeness (QED) is 0.508. The van der Waals surface area contributed by atoms with Gasteiger partial charge in [-0.05, 0) is 25.5 Å². The van der Waals surface area contributed by atoms with Crippen LogP contribution in [-0.2, 0) is 6.54 Å². The van der Waals surface area contributed by atoms with Gasteiger partial charge in [-0.3, -0.25) is 30.3 Å². The molecule has 0 bridgehead atoms. The molecule has 144 valence electrons. The highest BCUT2D eigenvalue weighted by Gasteiger charge is 2.26. The van der Waals surface area contributed by atoms with Crippen molar-refractivity contribution in [1.29, 1.82) is 0 Å². The molecule has 0 unspecified atom stereocenters. The molecule has 0 saturated carbocycles. The monoisotopic (exact) mass is 383 g/mol. The normalized spacial score (nSPS) is 10.8. The van der Waals surface area contributed by atoms with Crippen molar-refractivity contribution in [3.8, 4) is 0 Å². The van der Waals surface area contributed by atoms with Crippen LogP contribution in [0.3, 0.4) is 0 Å². The van der Waals surface area contributed by atoms with E-state index in [1.807, 2.05) is 29.7 Å². The maximum absolute atomic E-state index is 12.7. The number of hydrogen-bond acceptors (Lipinski definition) is 6. The van der Waals surface area contributed by atoms with Gasteiger partial charge in [0.05, 0.1) is 26.4 Å². The SMILES string of the molecule is CCCn1c(NC(=O)c2cc([N+](=O)[O-])c(C)c([N+](=O)[O-])c2)nc2ccccc21. The Morgan fingerprint density at radius 3 is 2.32 bits per heavy atom. The zero-order chi connectivity index (χ0) is 20.4. The molecule has 10 heteroatoms. The van der Waals surface area contributed by atoms with Crippen LogP contribution < -0.4 is 5.32 Å². The molecule has 0 aliphatic rings. The van der Waals surface area contributed by atoms with E-state index >= 15 is 0 Å². The van der Waals surface area contributed by atoms with Crippen LogP contribution in [0.2, 0.25) is 0 Å². The van der Waals surface area contributed by atoms with Crippen LogP contribution in [0.5, 0.6) is 0 Å². The van der Waals surface area contributed by atoms with Gasteiger partial charge in [0.15, 0.2) is 0 Å². The maximum Gasteiger partial charge on any atom is 0.279 e. The van der Waals surface area contributed by atoms with E-state index in [0.717, 1.165) is 24.1 Å². The molecule has 28 heavy (non-hydrogen) atoms. The van der Waals surface area contributed by atoms with Crippen LogP contribution in [0.15, 0.2) is 36.4 Å². The van der Waals surface area contributed by atoms with Crippen molar-refractivity contribution in [1.82, 2.24) is 9.55 Å². The highest BCUT2D eigenvalue weighted by molar-refractivity contribution is 6.05. The first-order valence-electron chi connectivity index (χ1n) is 8.53. The van der Waals surface area contributed by atoms with E-state index in [0.29, 0.717) is 12.1 Å². The number of hydrogen-bond donors (Lipinski definition) is 1. The summed E-state index contributed by atoms with van der Waals surface area (Å²) >= 11 is 0. The number of amides is 1. The summed E-state index contributed by atoms with van der Waals surface area (Å²) in [5, 5.41) is 25.1. The first-order chi connectivity index (χ1) is 13.3. The van der Waals surface area contributed by atoms with Gasteiger partial charge in [-0.2, -0.15) is 0 Å². The smallest absolute Gasteiger partial charge is 0.279 e. The van der Waals surface area contributed by atoms with Gasteiger partial charge in [0.25, 0.3) is 17.3 Å². The lowest BCUT2D eigenvalue weighted by atomic mass is 10.1. The maximum atomic E-state index is 12.7. The Kier molecular flexibility index (Phi) is 5.03. The van der Waals surface area contributed by atoms with Gasteiger partial charge in [-0.15, -0.1) is 0 Å². The number of aromatic nitrogens is 2. The molecular formula is C18H17N5O5. The Morgan fingerprint density at radius 2 is 1.75 bits per heavy atom. The Morgan fingerprint density at radius 1 is 1.14 bits per heavy atom. The average molecular weight is 383 g/mol. The van der Waals surface area contributed by atoms with Gasteiger partial charge in [0.1, 0.15) is 5.56 Å². The number of nitrogens with one attached hydrogen (secondary N) is 1. The number of rotatable bonds is 6. The van der Waals surface area contributed by atoms with Crippen LogP contribution >= 0.6 is 0 Å². The predicted molar refractivity (Wildman–Crippen MR) is 102 cm³/mol. The Labute approximate surface area is 159 Å². The molecule has 3 rings (SSSR count). The number of benzene rings is 2. The van der Waals surface area contributed by atoms with Gasteiger partial charge < -0.3 is 4.57 Å². The van der Waals surface area contributed by atoms with Gasteiger partial charge in [0.2, 0.25) is 5.95 Å². The van der Waals surface area contributed by atoms with Crippen molar-refractivity contribution in [3.63, 3.8) is 0 Å². The minimum Gasteiger partial charge on any atom is -0.310 e. The van der Waals surface area contributed by atoms with Gasteiger partial charge in [-0.1, -0.05) is 19.1 Å². The first kappa shape index (κ1) is 19.0.